The van der Waals surface area contributed by atoms with Gasteiger partial charge in [0.25, 0.3) is 0 Å². The minimum Gasteiger partial charge on any atom is -0.320 e. The maximum atomic E-state index is 13.0. The van der Waals surface area contributed by atoms with Gasteiger partial charge in [0.05, 0.1) is 6.04 Å². The zero-order valence-corrected chi connectivity index (χ0v) is 10.1. The van der Waals surface area contributed by atoms with E-state index in [0.29, 0.717) is 0 Å². The van der Waals surface area contributed by atoms with Gasteiger partial charge in [0.2, 0.25) is 0 Å². The fraction of sp³-hybridized carbons (Fsp3) is 0.0769. The monoisotopic (exact) mass is 279 g/mol. The zero-order chi connectivity index (χ0) is 11.5. The highest BCUT2D eigenvalue weighted by molar-refractivity contribution is 9.10. The van der Waals surface area contributed by atoms with E-state index in [1.807, 2.05) is 30.3 Å². The first kappa shape index (κ1) is 11.3. The van der Waals surface area contributed by atoms with Gasteiger partial charge in [-0.1, -0.05) is 40.2 Å². The molecule has 0 unspecified atom stereocenters. The second-order valence-corrected chi connectivity index (χ2v) is 4.50. The molecule has 1 atom stereocenters. The van der Waals surface area contributed by atoms with Crippen LogP contribution in [0.1, 0.15) is 17.2 Å². The van der Waals surface area contributed by atoms with Crippen molar-refractivity contribution < 1.29 is 4.39 Å². The maximum Gasteiger partial charge on any atom is 0.123 e. The molecule has 0 aliphatic heterocycles. The lowest BCUT2D eigenvalue weighted by Crippen LogP contribution is -2.11. The maximum absolute atomic E-state index is 13.0. The van der Waals surface area contributed by atoms with Crippen molar-refractivity contribution in [1.29, 1.82) is 0 Å². The van der Waals surface area contributed by atoms with Crippen LogP contribution in [0.3, 0.4) is 0 Å². The van der Waals surface area contributed by atoms with Crippen LogP contribution in [0.5, 0.6) is 0 Å². The molecule has 3 heteroatoms. The molecule has 0 saturated heterocycles. The first-order valence-electron chi connectivity index (χ1n) is 4.93. The van der Waals surface area contributed by atoms with Crippen molar-refractivity contribution in [2.75, 3.05) is 0 Å². The van der Waals surface area contributed by atoms with Gasteiger partial charge in [-0.05, 0) is 35.4 Å². The van der Waals surface area contributed by atoms with E-state index in [0.717, 1.165) is 15.6 Å². The lowest BCUT2D eigenvalue weighted by atomic mass is 10.00. The molecule has 0 aliphatic rings. The SMILES string of the molecule is N[C@H](c1ccc(Br)cc1)c1cccc(F)c1. The standard InChI is InChI=1S/C13H11BrFN/c14-11-6-4-9(5-7-11)13(16)10-2-1-3-12(15)8-10/h1-8,13H,16H2/t13-/m1/s1. The molecule has 2 aromatic rings. The fourth-order valence-corrected chi connectivity index (χ4v) is 1.83. The van der Waals surface area contributed by atoms with Gasteiger partial charge in [-0.15, -0.1) is 0 Å². The van der Waals surface area contributed by atoms with E-state index in [4.69, 9.17) is 5.73 Å². The summed E-state index contributed by atoms with van der Waals surface area (Å²) in [6, 6.07) is 13.8. The highest BCUT2D eigenvalue weighted by atomic mass is 79.9. The van der Waals surface area contributed by atoms with Crippen LogP contribution < -0.4 is 5.73 Å². The highest BCUT2D eigenvalue weighted by Crippen LogP contribution is 2.21. The molecule has 2 N–H and O–H groups in total. The van der Waals surface area contributed by atoms with Crippen LogP contribution in [0.2, 0.25) is 0 Å². The number of hydrogen-bond acceptors (Lipinski definition) is 1. The Kier molecular flexibility index (Phi) is 3.36. The van der Waals surface area contributed by atoms with E-state index in [9.17, 15) is 4.39 Å². The van der Waals surface area contributed by atoms with Crippen molar-refractivity contribution >= 4 is 15.9 Å². The van der Waals surface area contributed by atoms with E-state index in [1.54, 1.807) is 6.07 Å². The number of benzene rings is 2. The number of nitrogens with two attached hydrogens (primary N) is 1. The summed E-state index contributed by atoms with van der Waals surface area (Å²) in [7, 11) is 0. The summed E-state index contributed by atoms with van der Waals surface area (Å²) < 4.78 is 14.0. The molecule has 0 bridgehead atoms. The normalized spacial score (nSPS) is 12.4. The Labute approximate surface area is 102 Å². The fourth-order valence-electron chi connectivity index (χ4n) is 1.56. The van der Waals surface area contributed by atoms with Gasteiger partial charge in [-0.2, -0.15) is 0 Å². The quantitative estimate of drug-likeness (QED) is 0.893. The highest BCUT2D eigenvalue weighted by Gasteiger charge is 2.08. The summed E-state index contributed by atoms with van der Waals surface area (Å²) >= 11 is 3.36. The van der Waals surface area contributed by atoms with Crippen molar-refractivity contribution in [2.45, 2.75) is 6.04 Å². The predicted octanol–water partition coefficient (Wildman–Crippen LogP) is 3.64. The summed E-state index contributed by atoms with van der Waals surface area (Å²) in [5.74, 6) is -0.259. The van der Waals surface area contributed by atoms with E-state index in [-0.39, 0.29) is 11.9 Å². The molecule has 0 aliphatic carbocycles. The smallest absolute Gasteiger partial charge is 0.123 e. The van der Waals surface area contributed by atoms with Crippen LogP contribution in [-0.2, 0) is 0 Å². The Bertz CT molecular complexity index is 482. The summed E-state index contributed by atoms with van der Waals surface area (Å²) in [6.45, 7) is 0. The molecule has 2 rings (SSSR count). The Balaban J connectivity index is 2.31. The lowest BCUT2D eigenvalue weighted by molar-refractivity contribution is 0.623. The minimum atomic E-state index is -0.288. The second kappa shape index (κ2) is 4.76. The van der Waals surface area contributed by atoms with Gasteiger partial charge < -0.3 is 5.73 Å². The van der Waals surface area contributed by atoms with Crippen LogP contribution in [0.15, 0.2) is 53.0 Å². The van der Waals surface area contributed by atoms with Crippen LogP contribution in [-0.4, -0.2) is 0 Å². The molecule has 2 aromatic carbocycles. The average molecular weight is 280 g/mol. The van der Waals surface area contributed by atoms with Crippen molar-refractivity contribution in [1.82, 2.24) is 0 Å². The van der Waals surface area contributed by atoms with E-state index in [2.05, 4.69) is 15.9 Å². The van der Waals surface area contributed by atoms with Gasteiger partial charge >= 0.3 is 0 Å². The van der Waals surface area contributed by atoms with Gasteiger partial charge in [0.1, 0.15) is 5.82 Å². The summed E-state index contributed by atoms with van der Waals surface area (Å²) in [5, 5.41) is 0. The molecular formula is C13H11BrFN. The summed E-state index contributed by atoms with van der Waals surface area (Å²) in [5.41, 5.74) is 7.80. The van der Waals surface area contributed by atoms with E-state index in [1.165, 1.54) is 12.1 Å². The van der Waals surface area contributed by atoms with Gasteiger partial charge in [-0.3, -0.25) is 0 Å². The summed E-state index contributed by atoms with van der Waals surface area (Å²) in [4.78, 5) is 0. The third-order valence-electron chi connectivity index (χ3n) is 2.44. The van der Waals surface area contributed by atoms with Crippen molar-refractivity contribution in [3.8, 4) is 0 Å². The lowest BCUT2D eigenvalue weighted by Gasteiger charge is -2.12. The molecular weight excluding hydrogens is 269 g/mol. The van der Waals surface area contributed by atoms with Crippen LogP contribution in [0.25, 0.3) is 0 Å². The van der Waals surface area contributed by atoms with Gasteiger partial charge in [0, 0.05) is 4.47 Å². The molecule has 0 saturated carbocycles. The number of halogens is 2. The molecule has 0 radical (unpaired) electrons. The molecule has 0 amide bonds. The second-order valence-electron chi connectivity index (χ2n) is 3.58. The largest absolute Gasteiger partial charge is 0.320 e. The first-order valence-corrected chi connectivity index (χ1v) is 5.72. The van der Waals surface area contributed by atoms with Crippen LogP contribution >= 0.6 is 15.9 Å². The molecule has 16 heavy (non-hydrogen) atoms. The third kappa shape index (κ3) is 2.49. The third-order valence-corrected chi connectivity index (χ3v) is 2.97. The van der Waals surface area contributed by atoms with Crippen LogP contribution in [0.4, 0.5) is 4.39 Å². The van der Waals surface area contributed by atoms with Crippen molar-refractivity contribution in [3.05, 3.63) is 69.9 Å². The molecule has 82 valence electrons. The van der Waals surface area contributed by atoms with E-state index < -0.39 is 0 Å². The van der Waals surface area contributed by atoms with Crippen LogP contribution in [0, 0.1) is 5.82 Å². The van der Waals surface area contributed by atoms with E-state index >= 15 is 0 Å². The number of hydrogen-bond donors (Lipinski definition) is 1. The predicted molar refractivity (Wildman–Crippen MR) is 66.6 cm³/mol. The first-order chi connectivity index (χ1) is 7.66. The summed E-state index contributed by atoms with van der Waals surface area (Å²) in [6.07, 6.45) is 0. The topological polar surface area (TPSA) is 26.0 Å². The molecule has 0 fully saturated rings. The van der Waals surface area contributed by atoms with Gasteiger partial charge in [0.15, 0.2) is 0 Å². The van der Waals surface area contributed by atoms with Gasteiger partial charge in [-0.25, -0.2) is 4.39 Å². The molecule has 1 nitrogen and oxygen atoms in total. The Morgan fingerprint density at radius 1 is 1.00 bits per heavy atom. The minimum absolute atomic E-state index is 0.259. The Morgan fingerprint density at radius 3 is 2.31 bits per heavy atom. The molecule has 0 aromatic heterocycles. The zero-order valence-electron chi connectivity index (χ0n) is 8.53. The van der Waals surface area contributed by atoms with Crippen molar-refractivity contribution in [3.63, 3.8) is 0 Å². The molecule has 0 heterocycles. The Morgan fingerprint density at radius 2 is 1.69 bits per heavy atom. The molecule has 0 spiro atoms. The average Bonchev–Trinajstić information content (AvgIpc) is 2.29. The number of rotatable bonds is 2. The van der Waals surface area contributed by atoms with Crippen molar-refractivity contribution in [2.24, 2.45) is 5.73 Å². The Hall–Kier alpha value is -1.19.